The molecule has 4 aliphatic rings. The van der Waals surface area contributed by atoms with Gasteiger partial charge in [-0.2, -0.15) is 10.2 Å². The second kappa shape index (κ2) is 10.5. The molecule has 2 atom stereocenters. The van der Waals surface area contributed by atoms with E-state index in [9.17, 15) is 18.4 Å². The summed E-state index contributed by atoms with van der Waals surface area (Å²) >= 11 is 0. The van der Waals surface area contributed by atoms with Gasteiger partial charge in [-0.15, -0.1) is 13.2 Å². The molecule has 4 aliphatic carbocycles. The first-order valence-electron chi connectivity index (χ1n) is 13.7. The van der Waals surface area contributed by atoms with E-state index in [1.165, 1.54) is 43.3 Å². The maximum absolute atomic E-state index is 12.8. The number of halogens is 3. The van der Waals surface area contributed by atoms with Gasteiger partial charge in [0.15, 0.2) is 0 Å². The highest BCUT2D eigenvalue weighted by Crippen LogP contribution is 2.60. The van der Waals surface area contributed by atoms with Crippen molar-refractivity contribution in [3.63, 3.8) is 0 Å². The Morgan fingerprint density at radius 3 is 2.42 bits per heavy atom. The van der Waals surface area contributed by atoms with Crippen molar-refractivity contribution in [2.45, 2.75) is 51.1 Å². The average Bonchev–Trinajstić information content (AvgIpc) is 2.93. The molecule has 1 aromatic heterocycles. The third-order valence-corrected chi connectivity index (χ3v) is 8.68. The zero-order valence-corrected chi connectivity index (χ0v) is 21.9. The molecule has 4 saturated carbocycles. The number of benzene rings is 2. The van der Waals surface area contributed by atoms with Gasteiger partial charge in [0.2, 0.25) is 5.95 Å². The molecule has 7 nitrogen and oxygen atoms in total. The van der Waals surface area contributed by atoms with E-state index in [1.807, 2.05) is 6.07 Å². The van der Waals surface area contributed by atoms with E-state index in [1.54, 1.807) is 12.1 Å². The number of alkyl halides is 3. The Labute approximate surface area is 231 Å². The number of hydrogen-bond acceptors (Lipinski definition) is 7. The molecule has 0 spiro atoms. The first-order chi connectivity index (χ1) is 19.3. The first-order valence-corrected chi connectivity index (χ1v) is 13.7. The van der Waals surface area contributed by atoms with Crippen LogP contribution in [0.2, 0.25) is 0 Å². The summed E-state index contributed by atoms with van der Waals surface area (Å²) in [5, 5.41) is 19.9. The number of nitrogens with zero attached hydrogens (tertiary/aromatic N) is 3. The van der Waals surface area contributed by atoms with Crippen molar-refractivity contribution in [1.82, 2.24) is 9.97 Å². The molecule has 10 heteroatoms. The molecule has 0 radical (unpaired) electrons. The highest BCUT2D eigenvalue weighted by atomic mass is 19.4. The monoisotopic (exact) mass is 548 g/mol. The fraction of sp³-hybridized carbons (Fsp3) is 0.433. The minimum atomic E-state index is -4.78. The van der Waals surface area contributed by atoms with Gasteiger partial charge in [-0.25, -0.2) is 4.98 Å². The van der Waals surface area contributed by atoms with Gasteiger partial charge in [-0.05, 0) is 73.5 Å². The minimum absolute atomic E-state index is 0.0301. The van der Waals surface area contributed by atoms with Gasteiger partial charge < -0.3 is 20.7 Å². The molecule has 0 amide bonds. The first kappa shape index (κ1) is 26.2. The summed E-state index contributed by atoms with van der Waals surface area (Å²) in [7, 11) is 0. The standard InChI is InChI=1S/C30H31F3N6O/c31-30(32,33)40-25-9-5-4-6-20(25)16-35-28-36-17-23(15-34)27(39-28)37-18-29-12-19-10-21(13-29)26(22(11-19)14-29)38-24-7-2-1-3-8-24/h1-9,17,19,21-22,26,38H,10-14,16,18H2,(H2,35,36,37,39)/t19?,21-,22-,26?,29?/m0/s1. The molecule has 0 saturated heterocycles. The third kappa shape index (κ3) is 5.64. The smallest absolute Gasteiger partial charge is 0.405 e. The topological polar surface area (TPSA) is 94.9 Å². The molecule has 4 fully saturated rings. The van der Waals surface area contributed by atoms with E-state index in [0.717, 1.165) is 25.3 Å². The fourth-order valence-electron chi connectivity index (χ4n) is 7.37. The Morgan fingerprint density at radius 1 is 0.975 bits per heavy atom. The van der Waals surface area contributed by atoms with Crippen molar-refractivity contribution in [3.8, 4) is 11.8 Å². The Balaban J connectivity index is 1.13. The summed E-state index contributed by atoms with van der Waals surface area (Å²) in [6.45, 7) is 0.754. The Bertz CT molecular complexity index is 1380. The molecule has 40 heavy (non-hydrogen) atoms. The van der Waals surface area contributed by atoms with E-state index in [0.29, 0.717) is 34.8 Å². The van der Waals surface area contributed by atoms with Crippen LogP contribution in [0.5, 0.6) is 5.75 Å². The van der Waals surface area contributed by atoms with Crippen LogP contribution in [0, 0.1) is 34.5 Å². The predicted molar refractivity (Wildman–Crippen MR) is 146 cm³/mol. The fourth-order valence-corrected chi connectivity index (χ4v) is 7.37. The summed E-state index contributed by atoms with van der Waals surface area (Å²) in [6.07, 6.45) is 2.61. The van der Waals surface area contributed by atoms with Crippen LogP contribution >= 0.6 is 0 Å². The molecule has 1 heterocycles. The summed E-state index contributed by atoms with van der Waals surface area (Å²) in [5.41, 5.74) is 1.98. The third-order valence-electron chi connectivity index (χ3n) is 8.68. The lowest BCUT2D eigenvalue weighted by atomic mass is 9.48. The Hall–Kier alpha value is -4.00. The van der Waals surface area contributed by atoms with E-state index in [4.69, 9.17) is 0 Å². The minimum Gasteiger partial charge on any atom is -0.405 e. The lowest BCUT2D eigenvalue weighted by molar-refractivity contribution is -0.274. The highest BCUT2D eigenvalue weighted by molar-refractivity contribution is 5.54. The zero-order valence-electron chi connectivity index (χ0n) is 21.9. The summed E-state index contributed by atoms with van der Waals surface area (Å²) in [4.78, 5) is 8.72. The van der Waals surface area contributed by atoms with Crippen LogP contribution in [-0.4, -0.2) is 28.9 Å². The van der Waals surface area contributed by atoms with E-state index >= 15 is 0 Å². The van der Waals surface area contributed by atoms with E-state index < -0.39 is 6.36 Å². The maximum Gasteiger partial charge on any atom is 0.573 e. The van der Waals surface area contributed by atoms with Crippen LogP contribution in [0.25, 0.3) is 0 Å². The number of para-hydroxylation sites is 2. The summed E-state index contributed by atoms with van der Waals surface area (Å²) < 4.78 is 42.5. The van der Waals surface area contributed by atoms with E-state index in [2.05, 4.69) is 61.0 Å². The van der Waals surface area contributed by atoms with Crippen LogP contribution in [0.3, 0.4) is 0 Å². The normalized spacial score (nSPS) is 26.6. The molecular weight excluding hydrogens is 517 g/mol. The lowest BCUT2D eigenvalue weighted by Gasteiger charge is -2.60. The SMILES string of the molecule is N#Cc1cnc(NCc2ccccc2OC(F)(F)F)nc1NCC12CC3C[C@@H](C1)C(Nc1ccccc1)[C@@H](C3)C2. The van der Waals surface area contributed by atoms with Gasteiger partial charge in [0.05, 0.1) is 6.20 Å². The predicted octanol–water partition coefficient (Wildman–Crippen LogP) is 6.58. The van der Waals surface area contributed by atoms with Crippen LogP contribution in [0.15, 0.2) is 60.8 Å². The molecule has 3 aromatic rings. The summed E-state index contributed by atoms with van der Waals surface area (Å²) in [5.74, 6) is 2.34. The quantitative estimate of drug-likeness (QED) is 0.278. The van der Waals surface area contributed by atoms with Crippen LogP contribution in [0.1, 0.15) is 43.2 Å². The average molecular weight is 549 g/mol. The zero-order chi connectivity index (χ0) is 27.7. The van der Waals surface area contributed by atoms with Crippen LogP contribution < -0.4 is 20.7 Å². The van der Waals surface area contributed by atoms with Gasteiger partial charge in [0.25, 0.3) is 0 Å². The molecule has 208 valence electrons. The Morgan fingerprint density at radius 2 is 1.70 bits per heavy atom. The van der Waals surface area contributed by atoms with Gasteiger partial charge in [0, 0.05) is 30.4 Å². The van der Waals surface area contributed by atoms with Crippen molar-refractivity contribution < 1.29 is 17.9 Å². The second-order valence-electron chi connectivity index (χ2n) is 11.4. The van der Waals surface area contributed by atoms with Gasteiger partial charge in [0.1, 0.15) is 23.2 Å². The largest absolute Gasteiger partial charge is 0.573 e. The molecule has 0 aliphatic heterocycles. The number of anilines is 3. The number of hydrogen-bond donors (Lipinski definition) is 3. The Kier molecular flexibility index (Phi) is 6.90. The molecule has 0 unspecified atom stereocenters. The van der Waals surface area contributed by atoms with Crippen molar-refractivity contribution in [1.29, 1.82) is 5.26 Å². The number of nitrogens with one attached hydrogen (secondary N) is 3. The van der Waals surface area contributed by atoms with Crippen molar-refractivity contribution in [2.75, 3.05) is 22.5 Å². The molecule has 3 N–H and O–H groups in total. The number of ether oxygens (including phenoxy) is 1. The number of nitriles is 1. The molecule has 7 rings (SSSR count). The van der Waals surface area contributed by atoms with Gasteiger partial charge in [-0.3, -0.25) is 0 Å². The van der Waals surface area contributed by atoms with Crippen molar-refractivity contribution in [2.24, 2.45) is 23.2 Å². The molecule has 2 aromatic carbocycles. The molecular formula is C30H31F3N6O. The van der Waals surface area contributed by atoms with Gasteiger partial charge in [-0.1, -0.05) is 36.4 Å². The second-order valence-corrected chi connectivity index (χ2v) is 11.4. The lowest BCUT2D eigenvalue weighted by Crippen LogP contribution is -2.57. The van der Waals surface area contributed by atoms with Gasteiger partial charge >= 0.3 is 6.36 Å². The molecule has 4 bridgehead atoms. The maximum atomic E-state index is 12.8. The number of aromatic nitrogens is 2. The van der Waals surface area contributed by atoms with E-state index in [-0.39, 0.29) is 23.7 Å². The van der Waals surface area contributed by atoms with Crippen molar-refractivity contribution >= 4 is 17.5 Å². The summed E-state index contributed by atoms with van der Waals surface area (Å²) in [6, 6.07) is 19.0. The highest BCUT2D eigenvalue weighted by Gasteiger charge is 2.55. The number of rotatable bonds is 9. The van der Waals surface area contributed by atoms with Crippen LogP contribution in [0.4, 0.5) is 30.6 Å². The van der Waals surface area contributed by atoms with Crippen molar-refractivity contribution in [3.05, 3.63) is 71.9 Å². The van der Waals surface area contributed by atoms with Crippen LogP contribution in [-0.2, 0) is 6.54 Å².